The van der Waals surface area contributed by atoms with Crippen LogP contribution in [-0.2, 0) is 13.1 Å². The van der Waals surface area contributed by atoms with E-state index in [-0.39, 0.29) is 0 Å². The number of aromatic nitrogens is 2. The van der Waals surface area contributed by atoms with E-state index in [2.05, 4.69) is 26.3 Å². The smallest absolute Gasteiger partial charge is 0.131 e. The van der Waals surface area contributed by atoms with Crippen LogP contribution in [0.25, 0.3) is 0 Å². The van der Waals surface area contributed by atoms with E-state index in [1.807, 2.05) is 24.5 Å². The van der Waals surface area contributed by atoms with Crippen LogP contribution in [0.5, 0.6) is 5.75 Å². The van der Waals surface area contributed by atoms with E-state index >= 15 is 0 Å². The highest BCUT2D eigenvalue weighted by atomic mass is 16.3. The van der Waals surface area contributed by atoms with E-state index in [1.165, 1.54) is 56.1 Å². The maximum absolute atomic E-state index is 9.66. The van der Waals surface area contributed by atoms with E-state index in [4.69, 9.17) is 0 Å². The zero-order valence-electron chi connectivity index (χ0n) is 16.7. The molecule has 1 saturated carbocycles. The summed E-state index contributed by atoms with van der Waals surface area (Å²) in [5.74, 6) is 1.96. The summed E-state index contributed by atoms with van der Waals surface area (Å²) in [5.41, 5.74) is 2.34. The average Bonchev–Trinajstić information content (AvgIpc) is 2.74. The molecule has 0 amide bonds. The number of rotatable bonds is 6. The van der Waals surface area contributed by atoms with Gasteiger partial charge >= 0.3 is 0 Å². The third-order valence-corrected chi connectivity index (χ3v) is 6.11. The Morgan fingerprint density at radius 3 is 2.61 bits per heavy atom. The number of nitrogens with one attached hydrogen (secondary N) is 1. The molecule has 0 bridgehead atoms. The van der Waals surface area contributed by atoms with Crippen LogP contribution in [0.1, 0.15) is 67.8 Å². The van der Waals surface area contributed by atoms with Crippen molar-refractivity contribution in [3.05, 3.63) is 53.6 Å². The number of phenols is 1. The molecular formula is C23H32N4O. The van der Waals surface area contributed by atoms with Gasteiger partial charge in [0, 0.05) is 49.6 Å². The maximum Gasteiger partial charge on any atom is 0.131 e. The molecule has 4 rings (SSSR count). The van der Waals surface area contributed by atoms with Crippen molar-refractivity contribution in [1.29, 1.82) is 0 Å². The number of benzene rings is 1. The summed E-state index contributed by atoms with van der Waals surface area (Å²) in [5, 5.41) is 13.4. The molecule has 2 N–H and O–H groups in total. The van der Waals surface area contributed by atoms with Gasteiger partial charge in [-0.05, 0) is 49.9 Å². The third kappa shape index (κ3) is 5.30. The second-order valence-electron chi connectivity index (χ2n) is 8.41. The number of aromatic hydroxyl groups is 1. The standard InChI is InChI=1S/C23H32N4O/c28-22-10-4-6-18(12-22)16-27-11-5-9-21(17-27)24-13-19-14-25-23(26-15-19)20-7-2-1-3-8-20/h4,6,10,12,14-15,20-21,24,28H,1-3,5,7-9,11,13,16-17H2. The molecule has 2 heterocycles. The van der Waals surface area contributed by atoms with E-state index in [1.54, 1.807) is 6.07 Å². The SMILES string of the molecule is Oc1cccc(CN2CCCC(NCc3cnc(C4CCCCC4)nc3)C2)c1. The van der Waals surface area contributed by atoms with Crippen molar-refractivity contribution in [3.8, 4) is 5.75 Å². The number of nitrogens with zero attached hydrogens (tertiary/aromatic N) is 3. The molecule has 1 aliphatic heterocycles. The molecule has 0 radical (unpaired) electrons. The summed E-state index contributed by atoms with van der Waals surface area (Å²) >= 11 is 0. The second kappa shape index (κ2) is 9.48. The normalized spacial score (nSPS) is 21.6. The van der Waals surface area contributed by atoms with Crippen LogP contribution in [0.3, 0.4) is 0 Å². The summed E-state index contributed by atoms with van der Waals surface area (Å²) in [7, 11) is 0. The van der Waals surface area contributed by atoms with E-state index < -0.39 is 0 Å². The van der Waals surface area contributed by atoms with Crippen molar-refractivity contribution in [3.63, 3.8) is 0 Å². The molecule has 1 aromatic heterocycles. The Morgan fingerprint density at radius 1 is 1.00 bits per heavy atom. The Bertz CT molecular complexity index is 743. The van der Waals surface area contributed by atoms with Crippen LogP contribution < -0.4 is 5.32 Å². The van der Waals surface area contributed by atoms with Crippen LogP contribution in [0.4, 0.5) is 0 Å². The molecule has 2 fully saturated rings. The molecule has 1 aromatic carbocycles. The van der Waals surface area contributed by atoms with Gasteiger partial charge in [0.25, 0.3) is 0 Å². The Kier molecular flexibility index (Phi) is 6.55. The predicted octanol–water partition coefficient (Wildman–Crippen LogP) is 3.98. The lowest BCUT2D eigenvalue weighted by Gasteiger charge is -2.33. The molecular weight excluding hydrogens is 348 g/mol. The van der Waals surface area contributed by atoms with Gasteiger partial charge in [0.1, 0.15) is 11.6 Å². The summed E-state index contributed by atoms with van der Waals surface area (Å²) < 4.78 is 0. The van der Waals surface area contributed by atoms with Gasteiger partial charge < -0.3 is 10.4 Å². The number of piperidine rings is 1. The van der Waals surface area contributed by atoms with Crippen LogP contribution >= 0.6 is 0 Å². The molecule has 5 heteroatoms. The van der Waals surface area contributed by atoms with Gasteiger partial charge in [-0.1, -0.05) is 31.4 Å². The molecule has 28 heavy (non-hydrogen) atoms. The summed E-state index contributed by atoms with van der Waals surface area (Å²) in [6.45, 7) is 3.88. The van der Waals surface area contributed by atoms with Crippen LogP contribution in [0.2, 0.25) is 0 Å². The first-order valence-corrected chi connectivity index (χ1v) is 10.8. The predicted molar refractivity (Wildman–Crippen MR) is 111 cm³/mol. The highest BCUT2D eigenvalue weighted by Crippen LogP contribution is 2.30. The number of hydrogen-bond donors (Lipinski definition) is 2. The lowest BCUT2D eigenvalue weighted by molar-refractivity contribution is 0.182. The van der Waals surface area contributed by atoms with Gasteiger partial charge in [-0.15, -0.1) is 0 Å². The Balaban J connectivity index is 1.26. The van der Waals surface area contributed by atoms with Crippen LogP contribution in [-0.4, -0.2) is 39.1 Å². The highest BCUT2D eigenvalue weighted by Gasteiger charge is 2.20. The first kappa shape index (κ1) is 19.3. The fraction of sp³-hybridized carbons (Fsp3) is 0.565. The third-order valence-electron chi connectivity index (χ3n) is 6.11. The fourth-order valence-corrected chi connectivity index (χ4v) is 4.57. The molecule has 1 aliphatic carbocycles. The minimum Gasteiger partial charge on any atom is -0.508 e. The van der Waals surface area contributed by atoms with E-state index in [0.717, 1.165) is 32.0 Å². The molecule has 2 aromatic rings. The average molecular weight is 381 g/mol. The minimum atomic E-state index is 0.348. The topological polar surface area (TPSA) is 61.3 Å². The molecule has 1 saturated heterocycles. The van der Waals surface area contributed by atoms with Crippen molar-refractivity contribution in [2.24, 2.45) is 0 Å². The fourth-order valence-electron chi connectivity index (χ4n) is 4.57. The van der Waals surface area contributed by atoms with Crippen molar-refractivity contribution >= 4 is 0 Å². The maximum atomic E-state index is 9.66. The molecule has 2 aliphatic rings. The monoisotopic (exact) mass is 380 g/mol. The van der Waals surface area contributed by atoms with Crippen LogP contribution in [0, 0.1) is 0 Å². The highest BCUT2D eigenvalue weighted by molar-refractivity contribution is 5.27. The lowest BCUT2D eigenvalue weighted by Crippen LogP contribution is -2.45. The molecule has 1 atom stereocenters. The molecule has 1 unspecified atom stereocenters. The second-order valence-corrected chi connectivity index (χ2v) is 8.41. The molecule has 150 valence electrons. The lowest BCUT2D eigenvalue weighted by atomic mass is 9.89. The van der Waals surface area contributed by atoms with Gasteiger partial charge in [0.05, 0.1) is 0 Å². The quantitative estimate of drug-likeness (QED) is 0.794. The molecule has 0 spiro atoms. The number of likely N-dealkylation sites (tertiary alicyclic amines) is 1. The summed E-state index contributed by atoms with van der Waals surface area (Å²) in [4.78, 5) is 11.8. The van der Waals surface area contributed by atoms with E-state index in [0.29, 0.717) is 17.7 Å². The number of phenolic OH excluding ortho intramolecular Hbond substituents is 1. The van der Waals surface area contributed by atoms with Crippen LogP contribution in [0.15, 0.2) is 36.7 Å². The van der Waals surface area contributed by atoms with Gasteiger partial charge in [0.15, 0.2) is 0 Å². The minimum absolute atomic E-state index is 0.348. The van der Waals surface area contributed by atoms with Crippen molar-refractivity contribution in [2.45, 2.75) is 70.0 Å². The Labute approximate surface area is 168 Å². The summed E-state index contributed by atoms with van der Waals surface area (Å²) in [6.07, 6.45) is 12.9. The summed E-state index contributed by atoms with van der Waals surface area (Å²) in [6, 6.07) is 8.08. The van der Waals surface area contributed by atoms with Gasteiger partial charge in [-0.25, -0.2) is 9.97 Å². The van der Waals surface area contributed by atoms with Crippen molar-refractivity contribution < 1.29 is 5.11 Å². The zero-order chi connectivity index (χ0) is 19.2. The zero-order valence-corrected chi connectivity index (χ0v) is 16.7. The van der Waals surface area contributed by atoms with E-state index in [9.17, 15) is 5.11 Å². The number of hydrogen-bond acceptors (Lipinski definition) is 5. The van der Waals surface area contributed by atoms with Gasteiger partial charge in [-0.3, -0.25) is 4.90 Å². The Hall–Kier alpha value is -1.98. The molecule has 5 nitrogen and oxygen atoms in total. The van der Waals surface area contributed by atoms with Crippen molar-refractivity contribution in [2.75, 3.05) is 13.1 Å². The van der Waals surface area contributed by atoms with Gasteiger partial charge in [-0.2, -0.15) is 0 Å². The first-order chi connectivity index (χ1) is 13.8. The Morgan fingerprint density at radius 2 is 1.82 bits per heavy atom. The van der Waals surface area contributed by atoms with Gasteiger partial charge in [0.2, 0.25) is 0 Å². The first-order valence-electron chi connectivity index (χ1n) is 10.8. The largest absolute Gasteiger partial charge is 0.508 e. The van der Waals surface area contributed by atoms with Crippen molar-refractivity contribution in [1.82, 2.24) is 20.2 Å².